The van der Waals surface area contributed by atoms with Gasteiger partial charge < -0.3 is 5.11 Å². The molecule has 1 aromatic rings. The highest BCUT2D eigenvalue weighted by Gasteiger charge is 1.88. The largest absolute Gasteiger partial charge is 0.396 e. The smallest absolute Gasteiger partial charge is 0.0434 e. The van der Waals surface area contributed by atoms with Gasteiger partial charge in [0.05, 0.1) is 0 Å². The van der Waals surface area contributed by atoms with Crippen LogP contribution >= 0.6 is 12.4 Å². The van der Waals surface area contributed by atoms with Gasteiger partial charge >= 0.3 is 0 Å². The van der Waals surface area contributed by atoms with E-state index >= 15 is 0 Å². The Morgan fingerprint density at radius 3 is 2.82 bits per heavy atom. The molecule has 0 radical (unpaired) electrons. The number of pyridine rings is 1. The van der Waals surface area contributed by atoms with Gasteiger partial charge in [-0.25, -0.2) is 0 Å². The van der Waals surface area contributed by atoms with E-state index in [9.17, 15) is 0 Å². The Labute approximate surface area is 72.7 Å². The summed E-state index contributed by atoms with van der Waals surface area (Å²) in [6.07, 6.45) is 5.33. The van der Waals surface area contributed by atoms with Crippen LogP contribution in [0.15, 0.2) is 24.5 Å². The highest BCUT2D eigenvalue weighted by atomic mass is 35.5. The molecule has 62 valence electrons. The molecule has 1 N–H and O–H groups in total. The van der Waals surface area contributed by atoms with Gasteiger partial charge in [0.15, 0.2) is 0 Å². The molecule has 0 saturated carbocycles. The normalized spacial score (nSPS) is 8.82. The molecule has 0 atom stereocenters. The third kappa shape index (κ3) is 3.96. The number of rotatable bonds is 3. The van der Waals surface area contributed by atoms with Crippen LogP contribution in [0.1, 0.15) is 12.0 Å². The molecule has 1 rings (SSSR count). The molecule has 2 nitrogen and oxygen atoms in total. The van der Waals surface area contributed by atoms with Gasteiger partial charge in [-0.2, -0.15) is 0 Å². The maximum absolute atomic E-state index is 8.51. The minimum Gasteiger partial charge on any atom is -0.396 e. The van der Waals surface area contributed by atoms with E-state index < -0.39 is 0 Å². The number of aliphatic hydroxyl groups is 1. The molecule has 0 bridgehead atoms. The van der Waals surface area contributed by atoms with E-state index in [1.165, 1.54) is 5.56 Å². The van der Waals surface area contributed by atoms with Gasteiger partial charge in [0.2, 0.25) is 0 Å². The maximum atomic E-state index is 8.51. The first-order valence-corrected chi connectivity index (χ1v) is 3.43. The van der Waals surface area contributed by atoms with Crippen molar-refractivity contribution in [1.29, 1.82) is 0 Å². The molecule has 0 fully saturated rings. The summed E-state index contributed by atoms with van der Waals surface area (Å²) < 4.78 is 0. The fraction of sp³-hybridized carbons (Fsp3) is 0.375. The summed E-state index contributed by atoms with van der Waals surface area (Å²) in [7, 11) is 0. The predicted octanol–water partition coefficient (Wildman–Crippen LogP) is 1.43. The van der Waals surface area contributed by atoms with Crippen LogP contribution in [0.5, 0.6) is 0 Å². The molecular formula is C8H12ClNO. The first kappa shape index (κ1) is 10.4. The van der Waals surface area contributed by atoms with Gasteiger partial charge in [-0.05, 0) is 24.5 Å². The molecule has 1 heterocycles. The number of nitrogens with zero attached hydrogens (tertiary/aromatic N) is 1. The van der Waals surface area contributed by atoms with Crippen molar-refractivity contribution in [3.05, 3.63) is 30.1 Å². The first-order chi connectivity index (χ1) is 4.93. The van der Waals surface area contributed by atoms with Gasteiger partial charge in [0.25, 0.3) is 0 Å². The Morgan fingerprint density at radius 1 is 1.45 bits per heavy atom. The van der Waals surface area contributed by atoms with Crippen molar-refractivity contribution < 1.29 is 5.11 Å². The first-order valence-electron chi connectivity index (χ1n) is 3.43. The Hall–Kier alpha value is -0.600. The summed E-state index contributed by atoms with van der Waals surface area (Å²) in [6, 6.07) is 3.93. The third-order valence-corrected chi connectivity index (χ3v) is 1.35. The Kier molecular flexibility index (Phi) is 5.80. The van der Waals surface area contributed by atoms with Crippen LogP contribution in [-0.2, 0) is 6.42 Å². The second-order valence-corrected chi connectivity index (χ2v) is 2.19. The monoisotopic (exact) mass is 173 g/mol. The highest BCUT2D eigenvalue weighted by Crippen LogP contribution is 1.98. The molecular weight excluding hydrogens is 162 g/mol. The second-order valence-electron chi connectivity index (χ2n) is 2.19. The average Bonchev–Trinajstić information content (AvgIpc) is 2.03. The van der Waals surface area contributed by atoms with E-state index in [-0.39, 0.29) is 19.0 Å². The van der Waals surface area contributed by atoms with Crippen LogP contribution in [0.3, 0.4) is 0 Å². The summed E-state index contributed by atoms with van der Waals surface area (Å²) in [4.78, 5) is 3.96. The number of aliphatic hydroxyl groups excluding tert-OH is 1. The van der Waals surface area contributed by atoms with Crippen LogP contribution in [0, 0.1) is 0 Å². The van der Waals surface area contributed by atoms with Crippen molar-refractivity contribution in [3.63, 3.8) is 0 Å². The summed E-state index contributed by atoms with van der Waals surface area (Å²) in [6.45, 7) is 0.259. The standard InChI is InChI=1S/C8H11NO.ClH/c10-6-2-4-8-3-1-5-9-7-8;/h1,3,5,7,10H,2,4,6H2;1H. The van der Waals surface area contributed by atoms with Gasteiger partial charge in [-0.1, -0.05) is 6.07 Å². The van der Waals surface area contributed by atoms with Crippen LogP contribution in [0.2, 0.25) is 0 Å². The molecule has 1 aromatic heterocycles. The summed E-state index contributed by atoms with van der Waals surface area (Å²) in [5.41, 5.74) is 1.19. The number of aryl methyl sites for hydroxylation is 1. The predicted molar refractivity (Wildman–Crippen MR) is 46.9 cm³/mol. The fourth-order valence-corrected chi connectivity index (χ4v) is 0.829. The lowest BCUT2D eigenvalue weighted by Gasteiger charge is -1.95. The molecule has 11 heavy (non-hydrogen) atoms. The van der Waals surface area contributed by atoms with E-state index in [4.69, 9.17) is 5.11 Å². The quantitative estimate of drug-likeness (QED) is 0.750. The lowest BCUT2D eigenvalue weighted by molar-refractivity contribution is 0.288. The van der Waals surface area contributed by atoms with E-state index in [1.807, 2.05) is 18.3 Å². The SMILES string of the molecule is Cl.OCCCc1cccnc1. The van der Waals surface area contributed by atoms with Crippen LogP contribution in [0.4, 0.5) is 0 Å². The van der Waals surface area contributed by atoms with Gasteiger partial charge in [0.1, 0.15) is 0 Å². The summed E-state index contributed by atoms with van der Waals surface area (Å²) in [5, 5.41) is 8.51. The van der Waals surface area contributed by atoms with E-state index in [2.05, 4.69) is 4.98 Å². The van der Waals surface area contributed by atoms with E-state index in [1.54, 1.807) is 6.20 Å². The minimum atomic E-state index is 0. The molecule has 0 aliphatic rings. The minimum absolute atomic E-state index is 0. The maximum Gasteiger partial charge on any atom is 0.0434 e. The van der Waals surface area contributed by atoms with E-state index in [0.717, 1.165) is 12.8 Å². The summed E-state index contributed by atoms with van der Waals surface area (Å²) >= 11 is 0. The van der Waals surface area contributed by atoms with Gasteiger partial charge in [-0.15, -0.1) is 12.4 Å². The molecule has 0 aliphatic heterocycles. The Morgan fingerprint density at radius 2 is 2.27 bits per heavy atom. The molecule has 3 heteroatoms. The summed E-state index contributed by atoms with van der Waals surface area (Å²) in [5.74, 6) is 0. The molecule has 0 saturated heterocycles. The van der Waals surface area contributed by atoms with Crippen LogP contribution < -0.4 is 0 Å². The average molecular weight is 174 g/mol. The lowest BCUT2D eigenvalue weighted by Crippen LogP contribution is -1.88. The number of halogens is 1. The van der Waals surface area contributed by atoms with Crippen molar-refractivity contribution >= 4 is 12.4 Å². The third-order valence-electron chi connectivity index (χ3n) is 1.35. The number of hydrogen-bond donors (Lipinski definition) is 1. The molecule has 0 amide bonds. The number of aromatic nitrogens is 1. The Bertz CT molecular complexity index is 179. The Balaban J connectivity index is 0.000001000. The van der Waals surface area contributed by atoms with E-state index in [0.29, 0.717) is 0 Å². The highest BCUT2D eigenvalue weighted by molar-refractivity contribution is 5.85. The molecule has 0 aromatic carbocycles. The zero-order valence-electron chi connectivity index (χ0n) is 6.23. The van der Waals surface area contributed by atoms with Gasteiger partial charge in [-0.3, -0.25) is 4.98 Å². The van der Waals surface area contributed by atoms with Crippen molar-refractivity contribution in [3.8, 4) is 0 Å². The van der Waals surface area contributed by atoms with Crippen LogP contribution in [-0.4, -0.2) is 16.7 Å². The van der Waals surface area contributed by atoms with Crippen molar-refractivity contribution in [2.45, 2.75) is 12.8 Å². The molecule has 0 aliphatic carbocycles. The van der Waals surface area contributed by atoms with Crippen molar-refractivity contribution in [2.75, 3.05) is 6.61 Å². The van der Waals surface area contributed by atoms with Crippen molar-refractivity contribution in [1.82, 2.24) is 4.98 Å². The lowest BCUT2D eigenvalue weighted by atomic mass is 10.2. The van der Waals surface area contributed by atoms with Gasteiger partial charge in [0, 0.05) is 19.0 Å². The number of hydrogen-bond acceptors (Lipinski definition) is 2. The van der Waals surface area contributed by atoms with Crippen molar-refractivity contribution in [2.24, 2.45) is 0 Å². The topological polar surface area (TPSA) is 33.1 Å². The molecule has 0 unspecified atom stereocenters. The zero-order chi connectivity index (χ0) is 7.23. The zero-order valence-corrected chi connectivity index (χ0v) is 7.05. The fourth-order valence-electron chi connectivity index (χ4n) is 0.829. The second kappa shape index (κ2) is 6.13. The molecule has 0 spiro atoms. The van der Waals surface area contributed by atoms with Crippen LogP contribution in [0.25, 0.3) is 0 Å².